The Morgan fingerprint density at radius 1 is 0.625 bits per heavy atom. The van der Waals surface area contributed by atoms with Gasteiger partial charge < -0.3 is 19.7 Å². The zero-order valence-corrected chi connectivity index (χ0v) is 22.7. The molecule has 4 heteroatoms. The van der Waals surface area contributed by atoms with Gasteiger partial charge in [0.15, 0.2) is 0 Å². The summed E-state index contributed by atoms with van der Waals surface area (Å²) >= 11 is 0. The number of hydrogen-bond donors (Lipinski definition) is 1. The lowest BCUT2D eigenvalue weighted by molar-refractivity contribution is -0.893. The first-order valence-corrected chi connectivity index (χ1v) is 14.3. The van der Waals surface area contributed by atoms with E-state index >= 15 is 0 Å². The Labute approximate surface area is 202 Å². The summed E-state index contributed by atoms with van der Waals surface area (Å²) < 4.78 is 13.3. The molecule has 0 spiro atoms. The fraction of sp³-hybridized carbons (Fsp3) is 1.00. The van der Waals surface area contributed by atoms with E-state index in [-0.39, 0.29) is 6.10 Å². The van der Waals surface area contributed by atoms with Crippen molar-refractivity contribution in [3.63, 3.8) is 0 Å². The first kappa shape index (κ1) is 31.8. The van der Waals surface area contributed by atoms with Crippen LogP contribution in [0.5, 0.6) is 0 Å². The summed E-state index contributed by atoms with van der Waals surface area (Å²) in [5.41, 5.74) is 5.74. The Hall–Kier alpha value is -0.160. The average Bonchev–Trinajstić information content (AvgIpc) is 2.77. The second kappa shape index (κ2) is 24.0. The molecule has 32 heavy (non-hydrogen) atoms. The van der Waals surface area contributed by atoms with Gasteiger partial charge in [0.1, 0.15) is 12.6 Å². The molecule has 0 fully saturated rings. The molecule has 0 bridgehead atoms. The second-order valence-corrected chi connectivity index (χ2v) is 10.5. The van der Waals surface area contributed by atoms with Gasteiger partial charge in [-0.2, -0.15) is 0 Å². The fourth-order valence-electron chi connectivity index (χ4n) is 4.35. The van der Waals surface area contributed by atoms with Crippen LogP contribution in [0.4, 0.5) is 0 Å². The first-order valence-electron chi connectivity index (χ1n) is 14.3. The third kappa shape index (κ3) is 23.0. The van der Waals surface area contributed by atoms with E-state index in [1.165, 1.54) is 103 Å². The van der Waals surface area contributed by atoms with Crippen LogP contribution in [0.1, 0.15) is 123 Å². The summed E-state index contributed by atoms with van der Waals surface area (Å²) in [6, 6.07) is 0. The van der Waals surface area contributed by atoms with Crippen LogP contribution < -0.4 is 5.73 Å². The highest BCUT2D eigenvalue weighted by molar-refractivity contribution is 4.58. The number of quaternary nitrogens is 1. The molecule has 0 saturated heterocycles. The summed E-state index contributed by atoms with van der Waals surface area (Å²) in [6.07, 6.45) is 22.8. The topological polar surface area (TPSA) is 44.5 Å². The molecule has 4 nitrogen and oxygen atoms in total. The molecule has 0 radical (unpaired) electrons. The van der Waals surface area contributed by atoms with Crippen molar-refractivity contribution in [3.8, 4) is 0 Å². The monoisotopic (exact) mass is 457 g/mol. The van der Waals surface area contributed by atoms with Crippen molar-refractivity contribution in [1.29, 1.82) is 0 Å². The van der Waals surface area contributed by atoms with Crippen molar-refractivity contribution in [2.75, 3.05) is 53.6 Å². The van der Waals surface area contributed by atoms with Crippen molar-refractivity contribution in [2.45, 2.75) is 129 Å². The second-order valence-electron chi connectivity index (χ2n) is 10.5. The van der Waals surface area contributed by atoms with Gasteiger partial charge in [-0.15, -0.1) is 0 Å². The molecule has 1 unspecified atom stereocenters. The highest BCUT2D eigenvalue weighted by Gasteiger charge is 2.22. The molecule has 0 aliphatic rings. The molecule has 194 valence electrons. The van der Waals surface area contributed by atoms with E-state index < -0.39 is 0 Å². The summed E-state index contributed by atoms with van der Waals surface area (Å²) in [4.78, 5) is 0. The number of nitrogens with zero attached hydrogens (tertiary/aromatic N) is 1. The van der Waals surface area contributed by atoms with E-state index in [2.05, 4.69) is 27.9 Å². The zero-order valence-electron chi connectivity index (χ0n) is 22.7. The molecule has 0 heterocycles. The zero-order chi connectivity index (χ0) is 23.8. The van der Waals surface area contributed by atoms with Crippen LogP contribution in [0.15, 0.2) is 0 Å². The Morgan fingerprint density at radius 3 is 1.59 bits per heavy atom. The number of unbranched alkanes of at least 4 members (excludes halogenated alkanes) is 14. The fourth-order valence-corrected chi connectivity index (χ4v) is 4.35. The van der Waals surface area contributed by atoms with E-state index in [0.29, 0.717) is 0 Å². The lowest BCUT2D eigenvalue weighted by Crippen LogP contribution is -2.48. The normalized spacial score (nSPS) is 13.0. The van der Waals surface area contributed by atoms with Gasteiger partial charge in [-0.25, -0.2) is 0 Å². The number of rotatable bonds is 26. The lowest BCUT2D eigenvalue weighted by Gasteiger charge is -2.33. The quantitative estimate of drug-likeness (QED) is 0.111. The summed E-state index contributed by atoms with van der Waals surface area (Å²) in [6.45, 7) is 9.92. The number of hydrogen-bond acceptors (Lipinski definition) is 3. The Bertz CT molecular complexity index is 363. The van der Waals surface area contributed by atoms with Crippen molar-refractivity contribution in [1.82, 2.24) is 0 Å². The van der Waals surface area contributed by atoms with Gasteiger partial charge in [-0.05, 0) is 19.4 Å². The van der Waals surface area contributed by atoms with Crippen molar-refractivity contribution >= 4 is 0 Å². The van der Waals surface area contributed by atoms with Crippen LogP contribution >= 0.6 is 0 Å². The summed E-state index contributed by atoms with van der Waals surface area (Å²) in [5.74, 6) is 0. The summed E-state index contributed by atoms with van der Waals surface area (Å²) in [7, 11) is 4.59. The van der Waals surface area contributed by atoms with E-state index in [1.54, 1.807) is 0 Å². The Kier molecular flexibility index (Phi) is 23.9. The van der Waals surface area contributed by atoms with E-state index in [4.69, 9.17) is 15.2 Å². The predicted molar refractivity (Wildman–Crippen MR) is 141 cm³/mol. The number of likely N-dealkylation sites (N-methyl/N-ethyl adjacent to an activating group) is 1. The molecular weight excluding hydrogens is 396 g/mol. The molecule has 0 aromatic rings. The third-order valence-electron chi connectivity index (χ3n) is 6.46. The molecule has 0 aromatic heterocycles. The van der Waals surface area contributed by atoms with Gasteiger partial charge in [0.25, 0.3) is 0 Å². The molecule has 0 aromatic carbocycles. The Balaban J connectivity index is 4.01. The van der Waals surface area contributed by atoms with Crippen molar-refractivity contribution < 1.29 is 14.0 Å². The lowest BCUT2D eigenvalue weighted by atomic mass is 10.1. The van der Waals surface area contributed by atoms with E-state index in [9.17, 15) is 0 Å². The molecule has 0 saturated carbocycles. The Morgan fingerprint density at radius 2 is 1.09 bits per heavy atom. The molecule has 1 atom stereocenters. The number of nitrogens with two attached hydrogens (primary N) is 1. The minimum Gasteiger partial charge on any atom is -0.379 e. The van der Waals surface area contributed by atoms with Gasteiger partial charge in [0.05, 0.1) is 27.2 Å². The molecule has 0 amide bonds. The highest BCUT2D eigenvalue weighted by Crippen LogP contribution is 2.11. The van der Waals surface area contributed by atoms with E-state index in [0.717, 1.165) is 50.4 Å². The van der Waals surface area contributed by atoms with Gasteiger partial charge in [-0.3, -0.25) is 0 Å². The minimum atomic E-state index is 0.196. The largest absolute Gasteiger partial charge is 0.379 e. The van der Waals surface area contributed by atoms with Gasteiger partial charge in [0, 0.05) is 19.6 Å². The maximum absolute atomic E-state index is 6.31. The van der Waals surface area contributed by atoms with Crippen LogP contribution in [0, 0.1) is 0 Å². The van der Waals surface area contributed by atoms with Crippen LogP contribution in [-0.2, 0) is 9.47 Å². The SMILES string of the molecule is CCCCCCCCCCOCC(C[N+](C)(C)CCCN)OCCCCCCCCCC. The number of ether oxygens (including phenoxy) is 2. The predicted octanol–water partition coefficient (Wildman–Crippen LogP) is 7.09. The van der Waals surface area contributed by atoms with Crippen LogP contribution in [0.25, 0.3) is 0 Å². The maximum Gasteiger partial charge on any atom is 0.130 e. The molecule has 0 aliphatic heterocycles. The van der Waals surface area contributed by atoms with E-state index in [1.807, 2.05) is 0 Å². The van der Waals surface area contributed by atoms with Crippen molar-refractivity contribution in [3.05, 3.63) is 0 Å². The standard InChI is InChI=1S/C28H61N2O2/c1-5-7-9-11-13-15-17-19-24-31-27-28(26-30(3,4)23-21-22-29)32-25-20-18-16-14-12-10-8-6-2/h28H,5-27,29H2,1-4H3/q+1. The van der Waals surface area contributed by atoms with Gasteiger partial charge in [0.2, 0.25) is 0 Å². The third-order valence-corrected chi connectivity index (χ3v) is 6.46. The van der Waals surface area contributed by atoms with Crippen molar-refractivity contribution in [2.24, 2.45) is 5.73 Å². The van der Waals surface area contributed by atoms with Gasteiger partial charge >= 0.3 is 0 Å². The molecular formula is C28H61N2O2+. The van der Waals surface area contributed by atoms with Crippen LogP contribution in [-0.4, -0.2) is 64.1 Å². The van der Waals surface area contributed by atoms with Crippen LogP contribution in [0.2, 0.25) is 0 Å². The average molecular weight is 458 g/mol. The minimum absolute atomic E-state index is 0.196. The van der Waals surface area contributed by atoms with Crippen LogP contribution in [0.3, 0.4) is 0 Å². The highest BCUT2D eigenvalue weighted by atomic mass is 16.5. The maximum atomic E-state index is 6.31. The van der Waals surface area contributed by atoms with Gasteiger partial charge in [-0.1, -0.05) is 104 Å². The first-order chi connectivity index (χ1) is 15.6. The summed E-state index contributed by atoms with van der Waals surface area (Å²) in [5, 5.41) is 0. The molecule has 2 N–H and O–H groups in total. The molecule has 0 rings (SSSR count). The smallest absolute Gasteiger partial charge is 0.130 e. The molecule has 0 aliphatic carbocycles.